The summed E-state index contributed by atoms with van der Waals surface area (Å²) in [4.78, 5) is 21.9. The molecule has 138 valence electrons. The van der Waals surface area contributed by atoms with Crippen LogP contribution in [0.2, 0.25) is 0 Å². The molecule has 1 fully saturated rings. The fourth-order valence-electron chi connectivity index (χ4n) is 2.73. The minimum absolute atomic E-state index is 0.0825. The van der Waals surface area contributed by atoms with Crippen molar-refractivity contribution in [2.45, 2.75) is 31.2 Å². The standard InChI is InChI=1S/C17H21N5O3S/c1-13(23)20-14-4-6-16(7-5-14)26(24,25)19-12-15-8-9-18-17(21-15)22-10-2-3-11-22/h4-9,19H,2-3,10-12H2,1H3,(H,20,23). The molecule has 0 unspecified atom stereocenters. The lowest BCUT2D eigenvalue weighted by Crippen LogP contribution is -2.25. The van der Waals surface area contributed by atoms with E-state index in [1.165, 1.54) is 19.1 Å². The SMILES string of the molecule is CC(=O)Nc1ccc(S(=O)(=O)NCc2ccnc(N3CCCC3)n2)cc1. The van der Waals surface area contributed by atoms with E-state index in [0.29, 0.717) is 17.3 Å². The van der Waals surface area contributed by atoms with Crippen molar-refractivity contribution < 1.29 is 13.2 Å². The van der Waals surface area contributed by atoms with Crippen LogP contribution in [0.1, 0.15) is 25.5 Å². The van der Waals surface area contributed by atoms with Crippen molar-refractivity contribution in [1.29, 1.82) is 0 Å². The highest BCUT2D eigenvalue weighted by Gasteiger charge is 2.17. The quantitative estimate of drug-likeness (QED) is 0.793. The van der Waals surface area contributed by atoms with Gasteiger partial charge in [0.05, 0.1) is 17.1 Å². The molecule has 0 radical (unpaired) electrons. The molecule has 9 heteroatoms. The van der Waals surface area contributed by atoms with E-state index in [1.807, 2.05) is 0 Å². The highest BCUT2D eigenvalue weighted by atomic mass is 32.2. The van der Waals surface area contributed by atoms with Crippen molar-refractivity contribution in [2.75, 3.05) is 23.3 Å². The maximum atomic E-state index is 12.4. The number of anilines is 2. The molecule has 2 aromatic rings. The van der Waals surface area contributed by atoms with Crippen LogP contribution in [0.4, 0.5) is 11.6 Å². The Labute approximate surface area is 152 Å². The van der Waals surface area contributed by atoms with Gasteiger partial charge >= 0.3 is 0 Å². The highest BCUT2D eigenvalue weighted by Crippen LogP contribution is 2.16. The van der Waals surface area contributed by atoms with Gasteiger partial charge in [-0.25, -0.2) is 23.1 Å². The van der Waals surface area contributed by atoms with Crippen LogP contribution in [0.3, 0.4) is 0 Å². The number of nitrogens with zero attached hydrogens (tertiary/aromatic N) is 3. The minimum Gasteiger partial charge on any atom is -0.341 e. The molecule has 0 bridgehead atoms. The number of carbonyl (C=O) groups is 1. The van der Waals surface area contributed by atoms with E-state index in [1.54, 1.807) is 24.4 Å². The van der Waals surface area contributed by atoms with Gasteiger partial charge in [0.25, 0.3) is 0 Å². The molecule has 3 rings (SSSR count). The summed E-state index contributed by atoms with van der Waals surface area (Å²) in [5.74, 6) is 0.426. The van der Waals surface area contributed by atoms with Gasteiger partial charge in [-0.2, -0.15) is 0 Å². The summed E-state index contributed by atoms with van der Waals surface area (Å²) in [5, 5.41) is 2.60. The molecule has 0 atom stereocenters. The summed E-state index contributed by atoms with van der Waals surface area (Å²) in [6.07, 6.45) is 3.88. The average Bonchev–Trinajstić information content (AvgIpc) is 3.15. The summed E-state index contributed by atoms with van der Waals surface area (Å²) in [7, 11) is -3.67. The van der Waals surface area contributed by atoms with Crippen molar-refractivity contribution >= 4 is 27.6 Å². The van der Waals surface area contributed by atoms with Gasteiger partial charge in [0.15, 0.2) is 0 Å². The van der Waals surface area contributed by atoms with E-state index in [4.69, 9.17) is 0 Å². The molecule has 2 heterocycles. The zero-order valence-electron chi connectivity index (χ0n) is 14.5. The zero-order valence-corrected chi connectivity index (χ0v) is 15.3. The number of benzene rings is 1. The second-order valence-electron chi connectivity index (χ2n) is 6.07. The predicted octanol–water partition coefficient (Wildman–Crippen LogP) is 1.51. The van der Waals surface area contributed by atoms with Gasteiger partial charge in [-0.3, -0.25) is 4.79 Å². The molecule has 1 saturated heterocycles. The predicted molar refractivity (Wildman–Crippen MR) is 98.3 cm³/mol. The number of sulfonamides is 1. The van der Waals surface area contributed by atoms with E-state index in [-0.39, 0.29) is 17.3 Å². The minimum atomic E-state index is -3.67. The summed E-state index contributed by atoms with van der Waals surface area (Å²) in [6.45, 7) is 3.33. The average molecular weight is 375 g/mol. The monoisotopic (exact) mass is 375 g/mol. The van der Waals surface area contributed by atoms with Gasteiger partial charge in [0, 0.05) is 31.9 Å². The number of nitrogens with one attached hydrogen (secondary N) is 2. The van der Waals surface area contributed by atoms with Gasteiger partial charge in [-0.1, -0.05) is 0 Å². The Morgan fingerprint density at radius 1 is 1.15 bits per heavy atom. The Morgan fingerprint density at radius 2 is 1.85 bits per heavy atom. The molecule has 8 nitrogen and oxygen atoms in total. The number of hydrogen-bond donors (Lipinski definition) is 2. The summed E-state index contributed by atoms with van der Waals surface area (Å²) >= 11 is 0. The van der Waals surface area contributed by atoms with Crippen LogP contribution in [-0.2, 0) is 21.4 Å². The van der Waals surface area contributed by atoms with Crippen LogP contribution in [0.5, 0.6) is 0 Å². The van der Waals surface area contributed by atoms with Gasteiger partial charge in [-0.05, 0) is 43.2 Å². The highest BCUT2D eigenvalue weighted by molar-refractivity contribution is 7.89. The van der Waals surface area contributed by atoms with Gasteiger partial charge in [-0.15, -0.1) is 0 Å². The van der Waals surface area contributed by atoms with E-state index < -0.39 is 10.0 Å². The van der Waals surface area contributed by atoms with Crippen LogP contribution in [-0.4, -0.2) is 37.4 Å². The number of carbonyl (C=O) groups excluding carboxylic acids is 1. The normalized spacial score (nSPS) is 14.4. The van der Waals surface area contributed by atoms with Gasteiger partial charge < -0.3 is 10.2 Å². The summed E-state index contributed by atoms with van der Waals surface area (Å²) in [6, 6.07) is 7.69. The topological polar surface area (TPSA) is 104 Å². The Bertz CT molecular complexity index is 878. The first-order valence-electron chi connectivity index (χ1n) is 8.38. The van der Waals surface area contributed by atoms with Crippen molar-refractivity contribution in [2.24, 2.45) is 0 Å². The second-order valence-corrected chi connectivity index (χ2v) is 7.84. The van der Waals surface area contributed by atoms with E-state index in [0.717, 1.165) is 25.9 Å². The zero-order chi connectivity index (χ0) is 18.6. The molecule has 0 aliphatic carbocycles. The molecule has 1 amide bonds. The lowest BCUT2D eigenvalue weighted by Gasteiger charge is -2.15. The molecule has 1 aliphatic rings. The third-order valence-corrected chi connectivity index (χ3v) is 5.43. The molecule has 1 aromatic carbocycles. The Morgan fingerprint density at radius 3 is 2.50 bits per heavy atom. The fourth-order valence-corrected chi connectivity index (χ4v) is 3.72. The summed E-state index contributed by atoms with van der Waals surface area (Å²) < 4.78 is 27.4. The van der Waals surface area contributed by atoms with Crippen LogP contribution in [0.25, 0.3) is 0 Å². The largest absolute Gasteiger partial charge is 0.341 e. The Balaban J connectivity index is 1.66. The fraction of sp³-hybridized carbons (Fsp3) is 0.353. The van der Waals surface area contributed by atoms with Crippen LogP contribution in [0.15, 0.2) is 41.4 Å². The lowest BCUT2D eigenvalue weighted by molar-refractivity contribution is -0.114. The van der Waals surface area contributed by atoms with Crippen molar-refractivity contribution in [3.63, 3.8) is 0 Å². The van der Waals surface area contributed by atoms with E-state index in [2.05, 4.69) is 24.9 Å². The molecule has 0 spiro atoms. The van der Waals surface area contributed by atoms with Crippen molar-refractivity contribution in [3.8, 4) is 0 Å². The smallest absolute Gasteiger partial charge is 0.240 e. The first-order chi connectivity index (χ1) is 12.4. The molecule has 2 N–H and O–H groups in total. The lowest BCUT2D eigenvalue weighted by atomic mass is 10.3. The van der Waals surface area contributed by atoms with E-state index in [9.17, 15) is 13.2 Å². The third kappa shape index (κ3) is 4.55. The molecule has 26 heavy (non-hydrogen) atoms. The number of rotatable bonds is 6. The van der Waals surface area contributed by atoms with Crippen LogP contribution in [0, 0.1) is 0 Å². The molecule has 1 aliphatic heterocycles. The van der Waals surface area contributed by atoms with Gasteiger partial charge in [0.2, 0.25) is 21.9 Å². The molecule has 1 aromatic heterocycles. The molecule has 0 saturated carbocycles. The first-order valence-corrected chi connectivity index (χ1v) is 9.86. The number of amides is 1. The first kappa shape index (κ1) is 18.3. The maximum Gasteiger partial charge on any atom is 0.240 e. The maximum absolute atomic E-state index is 12.4. The van der Waals surface area contributed by atoms with Crippen LogP contribution >= 0.6 is 0 Å². The van der Waals surface area contributed by atoms with Crippen molar-refractivity contribution in [3.05, 3.63) is 42.2 Å². The number of aromatic nitrogens is 2. The Kier molecular flexibility index (Phi) is 5.48. The van der Waals surface area contributed by atoms with Crippen LogP contribution < -0.4 is 14.9 Å². The Hall–Kier alpha value is -2.52. The molecular weight excluding hydrogens is 354 g/mol. The van der Waals surface area contributed by atoms with E-state index >= 15 is 0 Å². The summed E-state index contributed by atoms with van der Waals surface area (Å²) in [5.41, 5.74) is 1.16. The number of hydrogen-bond acceptors (Lipinski definition) is 6. The third-order valence-electron chi connectivity index (χ3n) is 4.02. The van der Waals surface area contributed by atoms with Crippen molar-refractivity contribution in [1.82, 2.24) is 14.7 Å². The second kappa shape index (κ2) is 7.79. The van der Waals surface area contributed by atoms with Gasteiger partial charge in [0.1, 0.15) is 0 Å². The molecular formula is C17H21N5O3S.